The van der Waals surface area contributed by atoms with Gasteiger partial charge in [-0.25, -0.2) is 4.39 Å². The molecular weight excluding hydrogens is 343 g/mol. The molecule has 1 aliphatic heterocycles. The van der Waals surface area contributed by atoms with E-state index in [4.69, 9.17) is 9.31 Å². The minimum atomic E-state index is -4.98. The number of hydrogen-bond acceptors (Lipinski definition) is 4. The fourth-order valence-electron chi connectivity index (χ4n) is 2.21. The van der Waals surface area contributed by atoms with Crippen molar-refractivity contribution in [3.8, 4) is 5.75 Å². The van der Waals surface area contributed by atoms with Crippen LogP contribution in [0.5, 0.6) is 5.75 Å². The molecule has 0 aromatic heterocycles. The second kappa shape index (κ2) is 6.62. The first-order chi connectivity index (χ1) is 11.3. The molecule has 4 nitrogen and oxygen atoms in total. The summed E-state index contributed by atoms with van der Waals surface area (Å²) in [5.41, 5.74) is -0.684. The summed E-state index contributed by atoms with van der Waals surface area (Å²) in [5, 5.41) is 9.57. The Morgan fingerprint density at radius 2 is 1.76 bits per heavy atom. The van der Waals surface area contributed by atoms with Crippen LogP contribution >= 0.6 is 0 Å². The van der Waals surface area contributed by atoms with Crippen molar-refractivity contribution in [1.29, 1.82) is 0 Å². The first kappa shape index (κ1) is 19.7. The summed E-state index contributed by atoms with van der Waals surface area (Å²) in [5.74, 6) is -2.09. The molecule has 1 aromatic rings. The highest BCUT2D eigenvalue weighted by atomic mass is 19.4. The summed E-state index contributed by atoms with van der Waals surface area (Å²) in [6, 6.07) is 2.99. The van der Waals surface area contributed by atoms with E-state index in [9.17, 15) is 22.7 Å². The average Bonchev–Trinajstić information content (AvgIpc) is 2.66. The molecule has 1 fully saturated rings. The lowest BCUT2D eigenvalue weighted by Gasteiger charge is -2.32. The molecule has 0 saturated carbocycles. The van der Waals surface area contributed by atoms with E-state index in [1.165, 1.54) is 12.1 Å². The normalized spacial score (nSPS) is 20.0. The monoisotopic (exact) mass is 362 g/mol. The highest BCUT2D eigenvalue weighted by Gasteiger charge is 2.52. The van der Waals surface area contributed by atoms with Crippen molar-refractivity contribution < 1.29 is 36.7 Å². The average molecular weight is 362 g/mol. The lowest BCUT2D eigenvalue weighted by atomic mass is 9.77. The van der Waals surface area contributed by atoms with Crippen LogP contribution in [-0.2, 0) is 9.31 Å². The first-order valence-corrected chi connectivity index (χ1v) is 7.57. The summed E-state index contributed by atoms with van der Waals surface area (Å²) in [7, 11) is -0.843. The Hall–Kier alpha value is -1.58. The number of halogens is 4. The zero-order valence-electron chi connectivity index (χ0n) is 14.3. The van der Waals surface area contributed by atoms with E-state index >= 15 is 0 Å². The van der Waals surface area contributed by atoms with Gasteiger partial charge in [0.15, 0.2) is 11.6 Å². The molecule has 0 aliphatic carbocycles. The summed E-state index contributed by atoms with van der Waals surface area (Å²) in [6.07, 6.45) is -3.57. The van der Waals surface area contributed by atoms with Gasteiger partial charge in [-0.2, -0.15) is 0 Å². The van der Waals surface area contributed by atoms with E-state index in [-0.39, 0.29) is 5.56 Å². The Balaban J connectivity index is 2.25. The fourth-order valence-corrected chi connectivity index (χ4v) is 2.21. The molecule has 0 unspecified atom stereocenters. The van der Waals surface area contributed by atoms with Crippen LogP contribution in [0.25, 0.3) is 6.08 Å². The van der Waals surface area contributed by atoms with Crippen molar-refractivity contribution in [3.63, 3.8) is 0 Å². The van der Waals surface area contributed by atoms with Gasteiger partial charge in [0.2, 0.25) is 0 Å². The maximum absolute atomic E-state index is 13.8. The SMILES string of the molecule is CC1(C)OB(C(=Cc2ccc(OC(F)(F)F)c(F)c2)CO)OC1(C)C. The summed E-state index contributed by atoms with van der Waals surface area (Å²) in [4.78, 5) is 0. The van der Waals surface area contributed by atoms with E-state index < -0.39 is 42.9 Å². The van der Waals surface area contributed by atoms with Gasteiger partial charge in [0.05, 0.1) is 17.8 Å². The van der Waals surface area contributed by atoms with Crippen molar-refractivity contribution in [3.05, 3.63) is 35.1 Å². The Bertz CT molecular complexity index is 655. The van der Waals surface area contributed by atoms with Crippen LogP contribution < -0.4 is 4.74 Å². The van der Waals surface area contributed by atoms with E-state index in [0.29, 0.717) is 5.47 Å². The standard InChI is InChI=1S/C16H19BF4O4/c1-14(2)15(3,4)25-17(24-14)11(9-22)7-10-5-6-13(12(18)8-10)23-16(19,20)21/h5-8,22H,9H2,1-4H3. The second-order valence-electron chi connectivity index (χ2n) is 6.70. The minimum Gasteiger partial charge on any atom is -0.403 e. The molecule has 9 heteroatoms. The van der Waals surface area contributed by atoms with Crippen LogP contribution in [0.1, 0.15) is 33.3 Å². The lowest BCUT2D eigenvalue weighted by molar-refractivity contribution is -0.275. The third kappa shape index (κ3) is 4.53. The largest absolute Gasteiger partial charge is 0.573 e. The van der Waals surface area contributed by atoms with Crippen molar-refractivity contribution >= 4 is 13.2 Å². The number of ether oxygens (including phenoxy) is 1. The zero-order chi connectivity index (χ0) is 19.0. The highest BCUT2D eigenvalue weighted by molar-refractivity contribution is 6.55. The Labute approximate surface area is 143 Å². The molecular formula is C16H19BF4O4. The van der Waals surface area contributed by atoms with Crippen LogP contribution in [0.3, 0.4) is 0 Å². The summed E-state index contributed by atoms with van der Waals surface area (Å²) >= 11 is 0. The van der Waals surface area contributed by atoms with Gasteiger partial charge in [-0.1, -0.05) is 12.1 Å². The molecule has 2 rings (SSSR count). The molecule has 1 saturated heterocycles. The molecule has 0 spiro atoms. The third-order valence-corrected chi connectivity index (χ3v) is 4.27. The molecule has 1 heterocycles. The van der Waals surface area contributed by atoms with Crippen LogP contribution in [-0.4, -0.2) is 36.4 Å². The maximum Gasteiger partial charge on any atom is 0.573 e. The molecule has 1 N–H and O–H groups in total. The molecule has 0 amide bonds. The Kier molecular flexibility index (Phi) is 5.23. The van der Waals surface area contributed by atoms with Gasteiger partial charge in [0.25, 0.3) is 0 Å². The third-order valence-electron chi connectivity index (χ3n) is 4.27. The Morgan fingerprint density at radius 1 is 1.20 bits per heavy atom. The van der Waals surface area contributed by atoms with Crippen molar-refractivity contribution in [2.45, 2.75) is 45.3 Å². The lowest BCUT2D eigenvalue weighted by Crippen LogP contribution is -2.41. The molecule has 1 aliphatic rings. The molecule has 1 aromatic carbocycles. The van der Waals surface area contributed by atoms with Crippen LogP contribution in [0.15, 0.2) is 23.7 Å². The smallest absolute Gasteiger partial charge is 0.403 e. The number of rotatable bonds is 4. The van der Waals surface area contributed by atoms with E-state index in [1.807, 2.05) is 27.7 Å². The van der Waals surface area contributed by atoms with Crippen molar-refractivity contribution in [2.24, 2.45) is 0 Å². The second-order valence-corrected chi connectivity index (χ2v) is 6.70. The van der Waals surface area contributed by atoms with Crippen LogP contribution in [0.2, 0.25) is 0 Å². The fraction of sp³-hybridized carbons (Fsp3) is 0.500. The van der Waals surface area contributed by atoms with E-state index in [2.05, 4.69) is 4.74 Å². The van der Waals surface area contributed by atoms with Crippen molar-refractivity contribution in [1.82, 2.24) is 0 Å². The van der Waals surface area contributed by atoms with Crippen molar-refractivity contribution in [2.75, 3.05) is 6.61 Å². The van der Waals surface area contributed by atoms with Crippen LogP contribution in [0, 0.1) is 5.82 Å². The summed E-state index contributed by atoms with van der Waals surface area (Å²) in [6.45, 7) is 6.94. The molecule has 0 bridgehead atoms. The van der Waals surface area contributed by atoms with E-state index in [0.717, 1.165) is 12.1 Å². The van der Waals surface area contributed by atoms with Gasteiger partial charge in [-0.05, 0) is 50.9 Å². The van der Waals surface area contributed by atoms with Crippen LogP contribution in [0.4, 0.5) is 17.6 Å². The highest BCUT2D eigenvalue weighted by Crippen LogP contribution is 2.38. The quantitative estimate of drug-likeness (QED) is 0.655. The Morgan fingerprint density at radius 3 is 2.20 bits per heavy atom. The molecule has 25 heavy (non-hydrogen) atoms. The molecule has 0 radical (unpaired) electrons. The first-order valence-electron chi connectivity index (χ1n) is 7.57. The van der Waals surface area contributed by atoms with Gasteiger partial charge >= 0.3 is 13.5 Å². The number of benzene rings is 1. The minimum absolute atomic E-state index is 0.241. The predicted molar refractivity (Wildman–Crippen MR) is 84.2 cm³/mol. The van der Waals surface area contributed by atoms with E-state index in [1.54, 1.807) is 0 Å². The maximum atomic E-state index is 13.8. The number of alkyl halides is 3. The number of hydrogen-bond donors (Lipinski definition) is 1. The van der Waals surface area contributed by atoms with Gasteiger partial charge in [0.1, 0.15) is 0 Å². The van der Waals surface area contributed by atoms with Gasteiger partial charge < -0.3 is 19.2 Å². The predicted octanol–water partition coefficient (Wildman–Crippen LogP) is 3.73. The topological polar surface area (TPSA) is 47.9 Å². The molecule has 138 valence electrons. The van der Waals surface area contributed by atoms with Gasteiger partial charge in [-0.3, -0.25) is 0 Å². The zero-order valence-corrected chi connectivity index (χ0v) is 14.3. The van der Waals surface area contributed by atoms with Gasteiger partial charge in [0, 0.05) is 0 Å². The number of aliphatic hydroxyl groups excluding tert-OH is 1. The summed E-state index contributed by atoms with van der Waals surface area (Å²) < 4.78 is 65.4. The van der Waals surface area contributed by atoms with Gasteiger partial charge in [-0.15, -0.1) is 13.2 Å². The number of aliphatic hydroxyl groups is 1. The molecule has 0 atom stereocenters.